The third-order valence-corrected chi connectivity index (χ3v) is 8.66. The van der Waals surface area contributed by atoms with Crippen LogP contribution in [0.4, 0.5) is 20.3 Å². The number of nitrogens with two attached hydrogens (primary N) is 2. The molecule has 0 saturated heterocycles. The number of nitrogen functional groups attached to an aromatic ring is 1. The maximum Gasteiger partial charge on any atom is 0.187 e. The molecule has 0 saturated carbocycles. The summed E-state index contributed by atoms with van der Waals surface area (Å²) < 4.78 is 30.5. The van der Waals surface area contributed by atoms with E-state index in [1.807, 2.05) is 23.0 Å². The van der Waals surface area contributed by atoms with E-state index in [1.165, 1.54) is 12.1 Å². The highest BCUT2D eigenvalue weighted by Gasteiger charge is 2.47. The van der Waals surface area contributed by atoms with Gasteiger partial charge in [-0.1, -0.05) is 98.0 Å². The summed E-state index contributed by atoms with van der Waals surface area (Å²) in [5, 5.41) is 12.2. The van der Waals surface area contributed by atoms with E-state index >= 15 is 0 Å². The van der Waals surface area contributed by atoms with Gasteiger partial charge in [0.15, 0.2) is 17.5 Å². The second kappa shape index (κ2) is 12.8. The zero-order valence-corrected chi connectivity index (χ0v) is 25.5. The molecule has 1 aliphatic carbocycles. The lowest BCUT2D eigenvalue weighted by molar-refractivity contribution is 0.198. The van der Waals surface area contributed by atoms with Crippen LogP contribution < -0.4 is 11.6 Å². The van der Waals surface area contributed by atoms with Gasteiger partial charge in [0, 0.05) is 29.4 Å². The standard InChI is InChI=1S/C36H34F2N8/c1-23-16-17-30(24(2)18-23)36(27-10-5-3-6-11-27,28-12-7-4-8-13-28)46-22-26(21-42-46)25-19-29(34(39)41-20-25)35(44-45-40)43-32-15-9-14-31(37)33(32)38/h3-17,19-24,30H,18H2,1-2H3,(H2,39,41)(H2,40,43,44). The van der Waals surface area contributed by atoms with Gasteiger partial charge in [-0.05, 0) is 47.6 Å². The number of rotatable bonds is 7. The molecular formula is C36H34F2N8. The van der Waals surface area contributed by atoms with Crippen LogP contribution in [0.5, 0.6) is 0 Å². The molecule has 2 heterocycles. The summed E-state index contributed by atoms with van der Waals surface area (Å²) in [5.74, 6) is 4.05. The predicted octanol–water partition coefficient (Wildman–Crippen LogP) is 7.85. The number of nitrogens with zero attached hydrogens (tertiary/aromatic N) is 6. The number of allylic oxidation sites excluding steroid dienone is 2. The molecule has 8 nitrogen and oxygen atoms in total. The summed E-state index contributed by atoms with van der Waals surface area (Å²) >= 11 is 0. The Bertz CT molecular complexity index is 1880. The fourth-order valence-electron chi connectivity index (χ4n) is 6.58. The smallest absolute Gasteiger partial charge is 0.187 e. The van der Waals surface area contributed by atoms with Gasteiger partial charge in [0.05, 0.1) is 11.8 Å². The van der Waals surface area contributed by atoms with Crippen LogP contribution in [0.1, 0.15) is 37.0 Å². The van der Waals surface area contributed by atoms with Crippen molar-refractivity contribution in [3.8, 4) is 11.1 Å². The second-order valence-corrected chi connectivity index (χ2v) is 11.7. The van der Waals surface area contributed by atoms with Crippen molar-refractivity contribution < 1.29 is 8.78 Å². The fourth-order valence-corrected chi connectivity index (χ4v) is 6.58. The first-order valence-electron chi connectivity index (χ1n) is 15.1. The van der Waals surface area contributed by atoms with E-state index in [4.69, 9.17) is 16.7 Å². The molecule has 1 aliphatic rings. The van der Waals surface area contributed by atoms with Gasteiger partial charge in [0.2, 0.25) is 0 Å². The number of aromatic nitrogens is 3. The second-order valence-electron chi connectivity index (χ2n) is 11.7. The Labute approximate surface area is 266 Å². The van der Waals surface area contributed by atoms with Crippen molar-refractivity contribution in [2.75, 3.05) is 5.73 Å². The molecule has 2 aromatic heterocycles. The van der Waals surface area contributed by atoms with E-state index < -0.39 is 17.2 Å². The number of aliphatic imine (C=N–C) groups is 1. The monoisotopic (exact) mass is 616 g/mol. The topological polar surface area (TPSA) is 120 Å². The molecule has 0 radical (unpaired) electrons. The minimum absolute atomic E-state index is 0.0670. The lowest BCUT2D eigenvalue weighted by Crippen LogP contribution is -2.47. The largest absolute Gasteiger partial charge is 0.383 e. The normalized spacial score (nSPS) is 18.7. The van der Waals surface area contributed by atoms with Gasteiger partial charge in [-0.25, -0.2) is 18.8 Å². The Hall–Kier alpha value is -5.51. The van der Waals surface area contributed by atoms with E-state index in [9.17, 15) is 8.78 Å². The highest BCUT2D eigenvalue weighted by atomic mass is 19.2. The fraction of sp³-hybridized carbons (Fsp3) is 0.194. The Kier molecular flexibility index (Phi) is 8.52. The van der Waals surface area contributed by atoms with Crippen LogP contribution in [0.25, 0.3) is 11.1 Å². The number of benzene rings is 3. The number of anilines is 1. The zero-order valence-electron chi connectivity index (χ0n) is 25.5. The first kappa shape index (κ1) is 30.5. The lowest BCUT2D eigenvalue weighted by Gasteiger charge is -2.45. The molecule has 3 unspecified atom stereocenters. The lowest BCUT2D eigenvalue weighted by atomic mass is 9.64. The molecule has 0 amide bonds. The highest BCUT2D eigenvalue weighted by Crippen LogP contribution is 2.48. The minimum Gasteiger partial charge on any atom is -0.383 e. The summed E-state index contributed by atoms with van der Waals surface area (Å²) in [5.41, 5.74) is 9.17. The van der Waals surface area contributed by atoms with E-state index in [0.717, 1.165) is 29.2 Å². The molecule has 6 rings (SSSR count). The number of pyridine rings is 1. The predicted molar refractivity (Wildman–Crippen MR) is 176 cm³/mol. The van der Waals surface area contributed by atoms with Crippen LogP contribution in [-0.2, 0) is 5.54 Å². The van der Waals surface area contributed by atoms with Crippen LogP contribution >= 0.6 is 0 Å². The first-order chi connectivity index (χ1) is 22.3. The summed E-state index contributed by atoms with van der Waals surface area (Å²) in [7, 11) is 0. The number of halogens is 2. The highest BCUT2D eigenvalue weighted by molar-refractivity contribution is 6.04. The Morgan fingerprint density at radius 1 is 0.891 bits per heavy atom. The molecule has 0 aliphatic heterocycles. The molecule has 46 heavy (non-hydrogen) atoms. The first-order valence-corrected chi connectivity index (χ1v) is 15.1. The van der Waals surface area contributed by atoms with Gasteiger partial charge < -0.3 is 11.6 Å². The van der Waals surface area contributed by atoms with E-state index in [2.05, 4.69) is 94.8 Å². The quantitative estimate of drug-likeness (QED) is 0.0483. The maximum atomic E-state index is 14.5. The zero-order chi connectivity index (χ0) is 32.3. The van der Waals surface area contributed by atoms with Gasteiger partial charge in [-0.2, -0.15) is 5.10 Å². The van der Waals surface area contributed by atoms with Crippen molar-refractivity contribution in [2.45, 2.75) is 25.8 Å². The molecule has 10 heteroatoms. The molecule has 0 spiro atoms. The molecule has 232 valence electrons. The molecule has 0 fully saturated rings. The molecule has 3 aromatic carbocycles. The summed E-state index contributed by atoms with van der Waals surface area (Å²) in [6, 6.07) is 26.3. The SMILES string of the molecule is CC1C=CC(C(c2ccccc2)(c2ccccc2)n2cc(-c3cnc(N)c(C(N=NN)=Nc4cccc(F)c4F)c3)cn2)C(C)C1. The minimum atomic E-state index is -1.13. The molecule has 5 aromatic rings. The van der Waals surface area contributed by atoms with Crippen LogP contribution in [0.2, 0.25) is 0 Å². The van der Waals surface area contributed by atoms with Crippen molar-refractivity contribution in [1.29, 1.82) is 0 Å². The number of hydrogen-bond acceptors (Lipinski definition) is 5. The van der Waals surface area contributed by atoms with Crippen LogP contribution in [-0.4, -0.2) is 20.6 Å². The number of hydrogen-bond donors (Lipinski definition) is 2. The van der Waals surface area contributed by atoms with Crippen molar-refractivity contribution in [3.05, 3.63) is 144 Å². The summed E-state index contributed by atoms with van der Waals surface area (Å²) in [6.45, 7) is 4.55. The Morgan fingerprint density at radius 2 is 1.59 bits per heavy atom. The average Bonchev–Trinajstić information content (AvgIpc) is 3.56. The van der Waals surface area contributed by atoms with Crippen molar-refractivity contribution in [2.24, 2.45) is 38.9 Å². The Morgan fingerprint density at radius 3 is 2.24 bits per heavy atom. The third kappa shape index (κ3) is 5.58. The van der Waals surface area contributed by atoms with E-state index in [0.29, 0.717) is 17.4 Å². The third-order valence-electron chi connectivity index (χ3n) is 8.66. The van der Waals surface area contributed by atoms with Gasteiger partial charge in [-0.15, -0.1) is 5.11 Å². The molecule has 4 N–H and O–H groups in total. The molecule has 0 bridgehead atoms. The van der Waals surface area contributed by atoms with Gasteiger partial charge in [-0.3, -0.25) is 4.68 Å². The molecular weight excluding hydrogens is 582 g/mol. The van der Waals surface area contributed by atoms with Crippen molar-refractivity contribution >= 4 is 17.3 Å². The van der Waals surface area contributed by atoms with E-state index in [1.54, 1.807) is 18.5 Å². The average molecular weight is 617 g/mol. The van der Waals surface area contributed by atoms with E-state index in [-0.39, 0.29) is 28.8 Å². The van der Waals surface area contributed by atoms with Crippen LogP contribution in [0.3, 0.4) is 0 Å². The Balaban J connectivity index is 1.52. The van der Waals surface area contributed by atoms with Gasteiger partial charge >= 0.3 is 0 Å². The van der Waals surface area contributed by atoms with Crippen LogP contribution in [0.15, 0.2) is 131 Å². The van der Waals surface area contributed by atoms with Crippen molar-refractivity contribution in [3.63, 3.8) is 0 Å². The van der Waals surface area contributed by atoms with Crippen LogP contribution in [0, 0.1) is 29.4 Å². The maximum absolute atomic E-state index is 14.5. The summed E-state index contributed by atoms with van der Waals surface area (Å²) in [4.78, 5) is 8.56. The summed E-state index contributed by atoms with van der Waals surface area (Å²) in [6.07, 6.45) is 11.1. The van der Waals surface area contributed by atoms with Crippen molar-refractivity contribution in [1.82, 2.24) is 14.8 Å². The number of amidine groups is 1. The molecule has 3 atom stereocenters. The van der Waals surface area contributed by atoms with Gasteiger partial charge in [0.1, 0.15) is 17.0 Å². The van der Waals surface area contributed by atoms with Gasteiger partial charge in [0.25, 0.3) is 0 Å².